The van der Waals surface area contributed by atoms with Crippen LogP contribution >= 0.6 is 11.6 Å². The van der Waals surface area contributed by atoms with Gasteiger partial charge in [-0.05, 0) is 29.3 Å². The van der Waals surface area contributed by atoms with Crippen molar-refractivity contribution in [3.63, 3.8) is 0 Å². The molecule has 0 aliphatic carbocycles. The van der Waals surface area contributed by atoms with Crippen molar-refractivity contribution in [3.05, 3.63) is 47.1 Å². The Morgan fingerprint density at radius 2 is 2.24 bits per heavy atom. The number of aliphatic hydroxyl groups is 1. The van der Waals surface area contributed by atoms with Gasteiger partial charge in [-0.3, -0.25) is 0 Å². The van der Waals surface area contributed by atoms with Gasteiger partial charge in [0.05, 0.1) is 12.8 Å². The highest BCUT2D eigenvalue weighted by atomic mass is 35.5. The zero-order valence-corrected chi connectivity index (χ0v) is 9.45. The van der Waals surface area contributed by atoms with Crippen LogP contribution in [0.5, 0.6) is 0 Å². The van der Waals surface area contributed by atoms with Crippen molar-refractivity contribution in [1.82, 2.24) is 9.97 Å². The molecule has 6 heteroatoms. The van der Waals surface area contributed by atoms with Gasteiger partial charge in [0.15, 0.2) is 11.6 Å². The number of nitrogens with one attached hydrogen (secondary N) is 1. The number of nitrogens with zero attached hydrogens (tertiary/aromatic N) is 2. The van der Waals surface area contributed by atoms with Crippen LogP contribution in [-0.4, -0.2) is 15.1 Å². The van der Waals surface area contributed by atoms with Crippen LogP contribution in [-0.2, 0) is 6.61 Å². The Labute approximate surface area is 102 Å². The van der Waals surface area contributed by atoms with Crippen molar-refractivity contribution >= 4 is 23.1 Å². The Morgan fingerprint density at radius 1 is 1.41 bits per heavy atom. The van der Waals surface area contributed by atoms with E-state index in [0.29, 0.717) is 5.69 Å². The van der Waals surface area contributed by atoms with Gasteiger partial charge in [-0.2, -0.15) is 4.98 Å². The van der Waals surface area contributed by atoms with E-state index in [1.54, 1.807) is 24.3 Å². The first kappa shape index (κ1) is 11.8. The van der Waals surface area contributed by atoms with Crippen molar-refractivity contribution < 1.29 is 9.50 Å². The monoisotopic (exact) mass is 253 g/mol. The van der Waals surface area contributed by atoms with Crippen LogP contribution in [0, 0.1) is 5.82 Å². The number of halogens is 2. The SMILES string of the molecule is OCc1cccc(Nc2nc(Cl)ncc2F)c1. The van der Waals surface area contributed by atoms with Gasteiger partial charge in [-0.1, -0.05) is 12.1 Å². The predicted octanol–water partition coefficient (Wildman–Crippen LogP) is 2.50. The number of benzene rings is 1. The second kappa shape index (κ2) is 5.07. The van der Waals surface area contributed by atoms with Crippen LogP contribution in [0.25, 0.3) is 0 Å². The molecule has 2 aromatic rings. The first-order chi connectivity index (χ1) is 8.19. The van der Waals surface area contributed by atoms with Gasteiger partial charge < -0.3 is 10.4 Å². The molecular weight excluding hydrogens is 245 g/mol. The zero-order valence-electron chi connectivity index (χ0n) is 8.69. The number of hydrogen-bond acceptors (Lipinski definition) is 4. The summed E-state index contributed by atoms with van der Waals surface area (Å²) in [5, 5.41) is 11.7. The van der Waals surface area contributed by atoms with E-state index in [9.17, 15) is 4.39 Å². The van der Waals surface area contributed by atoms with E-state index in [1.165, 1.54) is 0 Å². The normalized spacial score (nSPS) is 10.3. The topological polar surface area (TPSA) is 58.0 Å². The molecule has 0 fully saturated rings. The minimum absolute atomic E-state index is 0.0000831. The van der Waals surface area contributed by atoms with Crippen LogP contribution in [0.2, 0.25) is 5.28 Å². The van der Waals surface area contributed by atoms with Gasteiger partial charge in [0.1, 0.15) is 0 Å². The fourth-order valence-corrected chi connectivity index (χ4v) is 1.45. The molecule has 0 aliphatic rings. The highest BCUT2D eigenvalue weighted by Crippen LogP contribution is 2.19. The summed E-state index contributed by atoms with van der Waals surface area (Å²) in [6, 6.07) is 6.92. The standard InChI is InChI=1S/C11H9ClFN3O/c12-11-14-5-9(13)10(16-11)15-8-3-1-2-7(4-8)6-17/h1-5,17H,6H2,(H,14,15,16). The molecule has 88 valence electrons. The number of aliphatic hydroxyl groups excluding tert-OH is 1. The van der Waals surface area contributed by atoms with Crippen molar-refractivity contribution in [2.24, 2.45) is 0 Å². The van der Waals surface area contributed by atoms with Crippen LogP contribution in [0.4, 0.5) is 15.9 Å². The van der Waals surface area contributed by atoms with Crippen LogP contribution in [0.3, 0.4) is 0 Å². The average Bonchev–Trinajstić information content (AvgIpc) is 2.34. The molecule has 0 radical (unpaired) electrons. The van der Waals surface area contributed by atoms with E-state index in [-0.39, 0.29) is 17.7 Å². The third-order valence-electron chi connectivity index (χ3n) is 2.09. The lowest BCUT2D eigenvalue weighted by Crippen LogP contribution is -1.99. The molecule has 2 rings (SSSR count). The smallest absolute Gasteiger partial charge is 0.224 e. The molecule has 0 saturated carbocycles. The molecule has 0 spiro atoms. The molecule has 2 N–H and O–H groups in total. The summed E-state index contributed by atoms with van der Waals surface area (Å²) in [7, 11) is 0. The molecule has 1 heterocycles. The van der Waals surface area contributed by atoms with Crippen molar-refractivity contribution in [1.29, 1.82) is 0 Å². The Hall–Kier alpha value is -1.72. The van der Waals surface area contributed by atoms with Gasteiger partial charge in [0, 0.05) is 5.69 Å². The maximum atomic E-state index is 13.3. The van der Waals surface area contributed by atoms with E-state index in [1.807, 2.05) is 0 Å². The summed E-state index contributed by atoms with van der Waals surface area (Å²) < 4.78 is 13.3. The molecule has 0 amide bonds. The third-order valence-corrected chi connectivity index (χ3v) is 2.27. The number of hydrogen-bond donors (Lipinski definition) is 2. The second-order valence-corrected chi connectivity index (χ2v) is 3.66. The Morgan fingerprint density at radius 3 is 3.00 bits per heavy atom. The summed E-state index contributed by atoms with van der Waals surface area (Å²) in [5.41, 5.74) is 1.33. The minimum Gasteiger partial charge on any atom is -0.392 e. The molecule has 0 bridgehead atoms. The van der Waals surface area contributed by atoms with Crippen LogP contribution in [0.15, 0.2) is 30.5 Å². The summed E-state index contributed by atoms with van der Waals surface area (Å²) in [4.78, 5) is 7.24. The molecule has 1 aromatic heterocycles. The quantitative estimate of drug-likeness (QED) is 0.826. The summed E-state index contributed by atoms with van der Waals surface area (Å²) >= 11 is 5.57. The summed E-state index contributed by atoms with van der Waals surface area (Å²) in [6.45, 7) is -0.0808. The lowest BCUT2D eigenvalue weighted by molar-refractivity contribution is 0.282. The van der Waals surface area contributed by atoms with Gasteiger partial charge in [0.2, 0.25) is 5.28 Å². The van der Waals surface area contributed by atoms with E-state index in [0.717, 1.165) is 11.8 Å². The van der Waals surface area contributed by atoms with Crippen molar-refractivity contribution in [2.75, 3.05) is 5.32 Å². The molecule has 0 saturated heterocycles. The number of rotatable bonds is 3. The second-order valence-electron chi connectivity index (χ2n) is 3.32. The van der Waals surface area contributed by atoms with Crippen LogP contribution in [0.1, 0.15) is 5.56 Å². The summed E-state index contributed by atoms with van der Waals surface area (Å²) in [6.07, 6.45) is 0.994. The fourth-order valence-electron chi connectivity index (χ4n) is 1.32. The maximum Gasteiger partial charge on any atom is 0.224 e. The number of anilines is 2. The average molecular weight is 254 g/mol. The Kier molecular flexibility index (Phi) is 3.51. The largest absolute Gasteiger partial charge is 0.392 e. The molecular formula is C11H9ClFN3O. The maximum absolute atomic E-state index is 13.3. The predicted molar refractivity (Wildman–Crippen MR) is 62.6 cm³/mol. The van der Waals surface area contributed by atoms with Crippen molar-refractivity contribution in [2.45, 2.75) is 6.61 Å². The highest BCUT2D eigenvalue weighted by Gasteiger charge is 2.06. The number of aromatic nitrogens is 2. The van der Waals surface area contributed by atoms with E-state index >= 15 is 0 Å². The van der Waals surface area contributed by atoms with E-state index < -0.39 is 5.82 Å². The molecule has 1 aromatic carbocycles. The lowest BCUT2D eigenvalue weighted by atomic mass is 10.2. The fraction of sp³-hybridized carbons (Fsp3) is 0.0909. The molecule has 4 nitrogen and oxygen atoms in total. The van der Waals surface area contributed by atoms with E-state index in [4.69, 9.17) is 16.7 Å². The third kappa shape index (κ3) is 2.89. The van der Waals surface area contributed by atoms with Gasteiger partial charge in [0.25, 0.3) is 0 Å². The molecule has 0 atom stereocenters. The molecule has 17 heavy (non-hydrogen) atoms. The van der Waals surface area contributed by atoms with Gasteiger partial charge in [-0.15, -0.1) is 0 Å². The van der Waals surface area contributed by atoms with Gasteiger partial charge >= 0.3 is 0 Å². The highest BCUT2D eigenvalue weighted by molar-refractivity contribution is 6.28. The first-order valence-corrected chi connectivity index (χ1v) is 5.21. The minimum atomic E-state index is -0.594. The van der Waals surface area contributed by atoms with Crippen molar-refractivity contribution in [3.8, 4) is 0 Å². The molecule has 0 aliphatic heterocycles. The van der Waals surface area contributed by atoms with Crippen LogP contribution < -0.4 is 5.32 Å². The molecule has 0 unspecified atom stereocenters. The Bertz CT molecular complexity index is 536. The van der Waals surface area contributed by atoms with Gasteiger partial charge in [-0.25, -0.2) is 9.37 Å². The zero-order chi connectivity index (χ0) is 12.3. The lowest BCUT2D eigenvalue weighted by Gasteiger charge is -2.07. The first-order valence-electron chi connectivity index (χ1n) is 4.84. The summed E-state index contributed by atoms with van der Waals surface area (Å²) in [5.74, 6) is -0.594. The van der Waals surface area contributed by atoms with E-state index in [2.05, 4.69) is 15.3 Å². The Balaban J connectivity index is 2.27.